The van der Waals surface area contributed by atoms with Crippen LogP contribution in [-0.4, -0.2) is 101 Å². The third-order valence-electron chi connectivity index (χ3n) is 6.05. The minimum absolute atomic E-state index is 0.0172. The maximum absolute atomic E-state index is 13.1. The highest BCUT2D eigenvalue weighted by Gasteiger charge is 2.39. The minimum Gasteiger partial charge on any atom is -0.497 e. The van der Waals surface area contributed by atoms with Crippen LogP contribution >= 0.6 is 0 Å². The Morgan fingerprint density at radius 1 is 1.09 bits per heavy atom. The molecule has 182 valence electrons. The number of benzene rings is 1. The van der Waals surface area contributed by atoms with E-state index in [1.165, 1.54) is 0 Å². The molecule has 1 unspecified atom stereocenters. The minimum atomic E-state index is -0.399. The molecule has 2 aliphatic heterocycles. The Balaban J connectivity index is 1.51. The van der Waals surface area contributed by atoms with Gasteiger partial charge in [-0.2, -0.15) is 0 Å². The predicted molar refractivity (Wildman–Crippen MR) is 123 cm³/mol. The van der Waals surface area contributed by atoms with Crippen LogP contribution in [0.1, 0.15) is 12.8 Å². The standard InChI is InChI=1S/C23H34N4O6/c1-31-12-4-7-24-21(28)16-25-8-10-26(11-9-25)23(30)17-13-22(29)27(15-17)19-14-18(32-2)5-6-20(19)33-3/h5-6,14,17H,4,7-13,15-16H2,1-3H3,(H,24,28). The van der Waals surface area contributed by atoms with Crippen molar-refractivity contribution in [2.24, 2.45) is 5.92 Å². The van der Waals surface area contributed by atoms with Crippen molar-refractivity contribution in [1.82, 2.24) is 15.1 Å². The summed E-state index contributed by atoms with van der Waals surface area (Å²) in [4.78, 5) is 43.4. The second-order valence-electron chi connectivity index (χ2n) is 8.24. The van der Waals surface area contributed by atoms with Gasteiger partial charge in [0.1, 0.15) is 11.5 Å². The third kappa shape index (κ3) is 6.35. The number of nitrogens with one attached hydrogen (secondary N) is 1. The monoisotopic (exact) mass is 462 g/mol. The van der Waals surface area contributed by atoms with Crippen molar-refractivity contribution in [2.75, 3.05) is 78.6 Å². The van der Waals surface area contributed by atoms with Gasteiger partial charge in [-0.1, -0.05) is 0 Å². The van der Waals surface area contributed by atoms with E-state index in [-0.39, 0.29) is 24.1 Å². The Hall–Kier alpha value is -2.85. The van der Waals surface area contributed by atoms with Gasteiger partial charge < -0.3 is 29.3 Å². The molecule has 0 spiro atoms. The average molecular weight is 463 g/mol. The molecule has 10 heteroatoms. The summed E-state index contributed by atoms with van der Waals surface area (Å²) in [5.74, 6) is 0.637. The van der Waals surface area contributed by atoms with Crippen LogP contribution in [0.2, 0.25) is 0 Å². The molecule has 2 aliphatic rings. The maximum atomic E-state index is 13.1. The van der Waals surface area contributed by atoms with Crippen LogP contribution in [-0.2, 0) is 19.1 Å². The second kappa shape index (κ2) is 11.9. The van der Waals surface area contributed by atoms with Crippen LogP contribution in [0.5, 0.6) is 11.5 Å². The molecule has 0 saturated carbocycles. The molecule has 3 rings (SSSR count). The summed E-state index contributed by atoms with van der Waals surface area (Å²) in [6, 6.07) is 5.27. The molecule has 1 aromatic rings. The molecule has 0 bridgehead atoms. The first kappa shape index (κ1) is 24.8. The number of anilines is 1. The Labute approximate surface area is 194 Å². The van der Waals surface area contributed by atoms with Crippen LogP contribution in [0, 0.1) is 5.92 Å². The lowest BCUT2D eigenvalue weighted by Gasteiger charge is -2.35. The van der Waals surface area contributed by atoms with E-state index < -0.39 is 5.92 Å². The molecule has 2 heterocycles. The van der Waals surface area contributed by atoms with Crippen molar-refractivity contribution in [2.45, 2.75) is 12.8 Å². The van der Waals surface area contributed by atoms with Gasteiger partial charge in [-0.3, -0.25) is 19.3 Å². The fourth-order valence-corrected chi connectivity index (χ4v) is 4.20. The van der Waals surface area contributed by atoms with Gasteiger partial charge in [-0.05, 0) is 18.6 Å². The number of hydrogen-bond donors (Lipinski definition) is 1. The van der Waals surface area contributed by atoms with Gasteiger partial charge in [0.2, 0.25) is 17.7 Å². The zero-order chi connectivity index (χ0) is 23.8. The highest BCUT2D eigenvalue weighted by molar-refractivity contribution is 6.01. The summed E-state index contributed by atoms with van der Waals surface area (Å²) in [6.07, 6.45) is 0.951. The molecule has 1 atom stereocenters. The van der Waals surface area contributed by atoms with E-state index in [0.717, 1.165) is 6.42 Å². The number of piperazine rings is 1. The van der Waals surface area contributed by atoms with Gasteiger partial charge in [-0.25, -0.2) is 0 Å². The van der Waals surface area contributed by atoms with E-state index in [9.17, 15) is 14.4 Å². The second-order valence-corrected chi connectivity index (χ2v) is 8.24. The number of ether oxygens (including phenoxy) is 3. The molecule has 33 heavy (non-hydrogen) atoms. The fourth-order valence-electron chi connectivity index (χ4n) is 4.20. The Morgan fingerprint density at radius 3 is 2.52 bits per heavy atom. The number of hydrogen-bond acceptors (Lipinski definition) is 7. The molecule has 0 aromatic heterocycles. The third-order valence-corrected chi connectivity index (χ3v) is 6.05. The van der Waals surface area contributed by atoms with E-state index in [1.54, 1.807) is 49.3 Å². The summed E-state index contributed by atoms with van der Waals surface area (Å²) < 4.78 is 15.7. The van der Waals surface area contributed by atoms with E-state index in [2.05, 4.69) is 5.32 Å². The van der Waals surface area contributed by atoms with Crippen molar-refractivity contribution in [3.63, 3.8) is 0 Å². The van der Waals surface area contributed by atoms with Crippen molar-refractivity contribution in [3.05, 3.63) is 18.2 Å². The number of carbonyl (C=O) groups excluding carboxylic acids is 3. The number of methoxy groups -OCH3 is 3. The van der Waals surface area contributed by atoms with Gasteiger partial charge in [0.15, 0.2) is 0 Å². The van der Waals surface area contributed by atoms with E-state index >= 15 is 0 Å². The molecule has 1 N–H and O–H groups in total. The highest BCUT2D eigenvalue weighted by Crippen LogP contribution is 2.36. The van der Waals surface area contributed by atoms with Gasteiger partial charge >= 0.3 is 0 Å². The van der Waals surface area contributed by atoms with Crippen LogP contribution in [0.4, 0.5) is 5.69 Å². The van der Waals surface area contributed by atoms with Gasteiger partial charge in [0, 0.05) is 65.5 Å². The molecule has 10 nitrogen and oxygen atoms in total. The topological polar surface area (TPSA) is 101 Å². The number of carbonyl (C=O) groups is 3. The van der Waals surface area contributed by atoms with Crippen LogP contribution < -0.4 is 19.7 Å². The molecule has 1 aromatic carbocycles. The number of amides is 3. The van der Waals surface area contributed by atoms with Crippen molar-refractivity contribution < 1.29 is 28.6 Å². The molecule has 2 fully saturated rings. The molecular formula is C23H34N4O6. The van der Waals surface area contributed by atoms with E-state index in [0.29, 0.717) is 69.6 Å². The number of nitrogens with zero attached hydrogens (tertiary/aromatic N) is 3. The van der Waals surface area contributed by atoms with E-state index in [1.807, 2.05) is 4.90 Å². The Morgan fingerprint density at radius 2 is 1.85 bits per heavy atom. The first-order valence-corrected chi connectivity index (χ1v) is 11.3. The lowest BCUT2D eigenvalue weighted by Crippen LogP contribution is -2.52. The summed E-state index contributed by atoms with van der Waals surface area (Å²) in [6.45, 7) is 4.19. The predicted octanol–water partition coefficient (Wildman–Crippen LogP) is 0.354. The Kier molecular flexibility index (Phi) is 8.90. The summed E-state index contributed by atoms with van der Waals surface area (Å²) in [5, 5.41) is 2.88. The highest BCUT2D eigenvalue weighted by atomic mass is 16.5. The SMILES string of the molecule is COCCCNC(=O)CN1CCN(C(=O)C2CC(=O)N(c3cc(OC)ccc3OC)C2)CC1. The first-order valence-electron chi connectivity index (χ1n) is 11.3. The zero-order valence-electron chi connectivity index (χ0n) is 19.7. The molecule has 0 radical (unpaired) electrons. The summed E-state index contributed by atoms with van der Waals surface area (Å²) in [7, 11) is 4.75. The van der Waals surface area contributed by atoms with Crippen molar-refractivity contribution >= 4 is 23.4 Å². The van der Waals surface area contributed by atoms with E-state index in [4.69, 9.17) is 14.2 Å². The molecule has 3 amide bonds. The molecule has 0 aliphatic carbocycles. The summed E-state index contributed by atoms with van der Waals surface area (Å²) >= 11 is 0. The normalized spacial score (nSPS) is 19.0. The number of rotatable bonds is 10. The molecular weight excluding hydrogens is 428 g/mol. The first-order chi connectivity index (χ1) is 16.0. The lowest BCUT2D eigenvalue weighted by atomic mass is 10.1. The zero-order valence-corrected chi connectivity index (χ0v) is 19.7. The van der Waals surface area contributed by atoms with Crippen LogP contribution in [0.3, 0.4) is 0 Å². The van der Waals surface area contributed by atoms with Gasteiger partial charge in [0.05, 0.1) is 32.4 Å². The van der Waals surface area contributed by atoms with Crippen molar-refractivity contribution in [3.8, 4) is 11.5 Å². The lowest BCUT2D eigenvalue weighted by molar-refractivity contribution is -0.137. The fraction of sp³-hybridized carbons (Fsp3) is 0.609. The maximum Gasteiger partial charge on any atom is 0.234 e. The summed E-state index contributed by atoms with van der Waals surface area (Å²) in [5.41, 5.74) is 0.610. The molecule has 2 saturated heterocycles. The van der Waals surface area contributed by atoms with Crippen LogP contribution in [0.25, 0.3) is 0 Å². The Bertz CT molecular complexity index is 840. The smallest absolute Gasteiger partial charge is 0.234 e. The average Bonchev–Trinajstić information content (AvgIpc) is 3.22. The quantitative estimate of drug-likeness (QED) is 0.501. The largest absolute Gasteiger partial charge is 0.497 e. The van der Waals surface area contributed by atoms with Crippen LogP contribution in [0.15, 0.2) is 18.2 Å². The van der Waals surface area contributed by atoms with Crippen molar-refractivity contribution in [1.29, 1.82) is 0 Å². The van der Waals surface area contributed by atoms with Gasteiger partial charge in [0.25, 0.3) is 0 Å². The van der Waals surface area contributed by atoms with Gasteiger partial charge in [-0.15, -0.1) is 0 Å².